The molecule has 4 nitrogen and oxygen atoms in total. The second kappa shape index (κ2) is 12.0. The Bertz CT molecular complexity index is 2190. The lowest BCUT2D eigenvalue weighted by molar-refractivity contribution is 0.473. The number of phenols is 1. The van der Waals surface area contributed by atoms with Gasteiger partial charge >= 0.3 is 0 Å². The first-order valence-electron chi connectivity index (χ1n) is 15.6. The van der Waals surface area contributed by atoms with E-state index in [9.17, 15) is 5.11 Å². The van der Waals surface area contributed by atoms with Gasteiger partial charge in [-0.05, 0) is 76.2 Å². The molecule has 1 N–H and O–H groups in total. The molecule has 224 valence electrons. The number of nitrogens with zero attached hydrogens (tertiary/aromatic N) is 3. The third-order valence-corrected chi connectivity index (χ3v) is 8.36. The SMILES string of the molecule is CC(C)(C)c1ccc(O)c(C=Nc2ccccc2-c2nc3c(-c4cccc(-c5ccccc5)c4)cccc3n2-c2ccccc2)c1. The highest BCUT2D eigenvalue weighted by molar-refractivity contribution is 5.97. The van der Waals surface area contributed by atoms with Gasteiger partial charge in [0.1, 0.15) is 11.6 Å². The maximum Gasteiger partial charge on any atom is 0.147 e. The van der Waals surface area contributed by atoms with E-state index in [0.717, 1.165) is 56.0 Å². The van der Waals surface area contributed by atoms with E-state index in [1.165, 1.54) is 5.56 Å². The van der Waals surface area contributed by atoms with Crippen LogP contribution in [0.3, 0.4) is 0 Å². The molecule has 0 spiro atoms. The predicted octanol–water partition coefficient (Wildman–Crippen LogP) is 10.8. The van der Waals surface area contributed by atoms with Crippen LogP contribution in [0, 0.1) is 0 Å². The van der Waals surface area contributed by atoms with Crippen LogP contribution in [0.4, 0.5) is 5.69 Å². The van der Waals surface area contributed by atoms with Crippen LogP contribution in [0.15, 0.2) is 151 Å². The molecule has 7 rings (SSSR count). The van der Waals surface area contributed by atoms with Crippen molar-refractivity contribution in [3.8, 4) is 45.1 Å². The van der Waals surface area contributed by atoms with Crippen LogP contribution in [0.25, 0.3) is 50.4 Å². The molecular formula is C42H35N3O. The minimum absolute atomic E-state index is 0.0486. The zero-order chi connectivity index (χ0) is 31.7. The number of aromatic nitrogens is 2. The molecule has 0 atom stereocenters. The van der Waals surface area contributed by atoms with Crippen molar-refractivity contribution < 1.29 is 5.11 Å². The molecule has 6 aromatic carbocycles. The number of aliphatic imine (C=N–C) groups is 1. The Morgan fingerprint density at radius 3 is 2.07 bits per heavy atom. The average Bonchev–Trinajstić information content (AvgIpc) is 3.48. The number of hydrogen-bond acceptors (Lipinski definition) is 3. The van der Waals surface area contributed by atoms with Crippen LogP contribution in [-0.2, 0) is 5.41 Å². The Balaban J connectivity index is 1.40. The van der Waals surface area contributed by atoms with Crippen LogP contribution in [0.5, 0.6) is 5.75 Å². The van der Waals surface area contributed by atoms with E-state index >= 15 is 0 Å². The first-order chi connectivity index (χ1) is 22.4. The fraction of sp³-hybridized carbons (Fsp3) is 0.0952. The second-order valence-corrected chi connectivity index (χ2v) is 12.5. The minimum Gasteiger partial charge on any atom is -0.507 e. The highest BCUT2D eigenvalue weighted by Gasteiger charge is 2.20. The van der Waals surface area contributed by atoms with Crippen molar-refractivity contribution in [1.82, 2.24) is 9.55 Å². The van der Waals surface area contributed by atoms with E-state index in [-0.39, 0.29) is 11.2 Å². The molecule has 4 heteroatoms. The second-order valence-electron chi connectivity index (χ2n) is 12.5. The summed E-state index contributed by atoms with van der Waals surface area (Å²) >= 11 is 0. The number of rotatable bonds is 6. The fourth-order valence-electron chi connectivity index (χ4n) is 5.89. The van der Waals surface area contributed by atoms with E-state index < -0.39 is 0 Å². The zero-order valence-corrected chi connectivity index (χ0v) is 26.2. The number of aromatic hydroxyl groups is 1. The largest absolute Gasteiger partial charge is 0.507 e. The normalized spacial score (nSPS) is 11.8. The van der Waals surface area contributed by atoms with Crippen molar-refractivity contribution in [2.24, 2.45) is 4.99 Å². The van der Waals surface area contributed by atoms with E-state index in [0.29, 0.717) is 5.56 Å². The number of phenolic OH excluding ortho intramolecular Hbond substituents is 1. The molecule has 0 amide bonds. The minimum atomic E-state index is -0.0486. The first-order valence-corrected chi connectivity index (χ1v) is 15.6. The first kappa shape index (κ1) is 29.0. The van der Waals surface area contributed by atoms with Crippen molar-refractivity contribution in [3.63, 3.8) is 0 Å². The van der Waals surface area contributed by atoms with Crippen LogP contribution in [-0.4, -0.2) is 20.9 Å². The lowest BCUT2D eigenvalue weighted by Crippen LogP contribution is -2.11. The van der Waals surface area contributed by atoms with Gasteiger partial charge in [0.05, 0.1) is 16.7 Å². The molecule has 0 aliphatic carbocycles. The van der Waals surface area contributed by atoms with Crippen LogP contribution < -0.4 is 0 Å². The molecule has 0 bridgehead atoms. The lowest BCUT2D eigenvalue weighted by Gasteiger charge is -2.19. The van der Waals surface area contributed by atoms with Gasteiger partial charge in [-0.3, -0.25) is 9.56 Å². The maximum atomic E-state index is 10.7. The van der Waals surface area contributed by atoms with Gasteiger partial charge in [0.25, 0.3) is 0 Å². The molecule has 0 fully saturated rings. The van der Waals surface area contributed by atoms with Crippen LogP contribution >= 0.6 is 0 Å². The summed E-state index contributed by atoms with van der Waals surface area (Å²) in [5.41, 5.74) is 10.9. The topological polar surface area (TPSA) is 50.4 Å². The molecule has 7 aromatic rings. The summed E-state index contributed by atoms with van der Waals surface area (Å²) in [5, 5.41) is 10.7. The molecule has 1 heterocycles. The molecule has 0 radical (unpaired) electrons. The molecular weight excluding hydrogens is 562 g/mol. The summed E-state index contributed by atoms with van der Waals surface area (Å²) in [7, 11) is 0. The van der Waals surface area contributed by atoms with E-state index in [1.807, 2.05) is 54.6 Å². The highest BCUT2D eigenvalue weighted by Crippen LogP contribution is 2.38. The maximum absolute atomic E-state index is 10.7. The quantitative estimate of drug-likeness (QED) is 0.194. The summed E-state index contributed by atoms with van der Waals surface area (Å²) in [5.74, 6) is 1.00. The molecule has 0 aliphatic heterocycles. The molecule has 0 aliphatic rings. The Morgan fingerprint density at radius 1 is 0.630 bits per heavy atom. The zero-order valence-electron chi connectivity index (χ0n) is 26.2. The van der Waals surface area contributed by atoms with Gasteiger partial charge in [0.15, 0.2) is 0 Å². The highest BCUT2D eigenvalue weighted by atomic mass is 16.3. The van der Waals surface area contributed by atoms with Gasteiger partial charge < -0.3 is 5.11 Å². The third kappa shape index (κ3) is 5.62. The Labute approximate surface area is 270 Å². The monoisotopic (exact) mass is 597 g/mol. The van der Waals surface area contributed by atoms with E-state index in [2.05, 4.69) is 110 Å². The number of fused-ring (bicyclic) bond motifs is 1. The molecule has 0 unspecified atom stereocenters. The summed E-state index contributed by atoms with van der Waals surface area (Å²) in [6, 6.07) is 49.6. The fourth-order valence-corrected chi connectivity index (χ4v) is 5.89. The molecule has 1 aromatic heterocycles. The number of benzene rings is 6. The lowest BCUT2D eigenvalue weighted by atomic mass is 9.86. The van der Waals surface area contributed by atoms with E-state index in [4.69, 9.17) is 9.98 Å². The number of imidazole rings is 1. The van der Waals surface area contributed by atoms with Crippen LogP contribution in [0.2, 0.25) is 0 Å². The van der Waals surface area contributed by atoms with Gasteiger partial charge in [0, 0.05) is 28.6 Å². The smallest absolute Gasteiger partial charge is 0.147 e. The van der Waals surface area contributed by atoms with Crippen molar-refractivity contribution >= 4 is 22.9 Å². The van der Waals surface area contributed by atoms with Gasteiger partial charge in [-0.2, -0.15) is 0 Å². The molecule has 0 saturated carbocycles. The predicted molar refractivity (Wildman–Crippen MR) is 191 cm³/mol. The number of para-hydroxylation sites is 3. The van der Waals surface area contributed by atoms with Crippen molar-refractivity contribution in [3.05, 3.63) is 157 Å². The average molecular weight is 598 g/mol. The van der Waals surface area contributed by atoms with Gasteiger partial charge in [-0.1, -0.05) is 118 Å². The summed E-state index contributed by atoms with van der Waals surface area (Å²) in [4.78, 5) is 10.3. The Morgan fingerprint density at radius 2 is 1.28 bits per heavy atom. The van der Waals surface area contributed by atoms with Crippen LogP contribution in [0.1, 0.15) is 31.9 Å². The molecule has 46 heavy (non-hydrogen) atoms. The van der Waals surface area contributed by atoms with E-state index in [1.54, 1.807) is 12.3 Å². The molecule has 0 saturated heterocycles. The van der Waals surface area contributed by atoms with Crippen molar-refractivity contribution in [1.29, 1.82) is 0 Å². The third-order valence-electron chi connectivity index (χ3n) is 8.36. The summed E-state index contributed by atoms with van der Waals surface area (Å²) in [6.07, 6.45) is 1.75. The van der Waals surface area contributed by atoms with Crippen molar-refractivity contribution in [2.45, 2.75) is 26.2 Å². The van der Waals surface area contributed by atoms with Gasteiger partial charge in [0.2, 0.25) is 0 Å². The summed E-state index contributed by atoms with van der Waals surface area (Å²) in [6.45, 7) is 6.49. The standard InChI is InChI=1S/C42H35N3O/c1-42(2,3)33-24-25-39(46)32(27-33)28-43-37-22-11-10-20-36(37)41-44-40-35(21-13-23-38(40)45(41)34-18-8-5-9-19-34)31-17-12-16-30(26-31)29-14-6-4-7-15-29/h4-28,46H,1-3H3. The number of hydrogen-bond donors (Lipinski definition) is 1. The van der Waals surface area contributed by atoms with Gasteiger partial charge in [-0.25, -0.2) is 4.98 Å². The van der Waals surface area contributed by atoms with Crippen molar-refractivity contribution in [2.75, 3.05) is 0 Å². The Kier molecular flexibility index (Phi) is 7.55. The van der Waals surface area contributed by atoms with Gasteiger partial charge in [-0.15, -0.1) is 0 Å². The Hall–Kier alpha value is -5.74. The summed E-state index contributed by atoms with van der Waals surface area (Å²) < 4.78 is 2.21.